The molecule has 0 fully saturated rings. The zero-order valence-electron chi connectivity index (χ0n) is 15.0. The van der Waals surface area contributed by atoms with E-state index < -0.39 is 41.5 Å². The molecule has 0 spiro atoms. The highest BCUT2D eigenvalue weighted by Crippen LogP contribution is 2.18. The summed E-state index contributed by atoms with van der Waals surface area (Å²) in [6.45, 7) is -4.24. The predicted molar refractivity (Wildman–Crippen MR) is 99.6 cm³/mol. The van der Waals surface area contributed by atoms with Gasteiger partial charge in [0.2, 0.25) is 10.0 Å². The molecule has 2 rings (SSSR count). The average Bonchev–Trinajstić information content (AvgIpc) is 2.66. The van der Waals surface area contributed by atoms with Gasteiger partial charge < -0.3 is 9.47 Å². The summed E-state index contributed by atoms with van der Waals surface area (Å²) >= 11 is 5.72. The molecule has 0 heterocycles. The first kappa shape index (κ1) is 22.7. The van der Waals surface area contributed by atoms with Crippen LogP contribution in [0, 0.1) is 0 Å². The summed E-state index contributed by atoms with van der Waals surface area (Å²) in [6.07, 6.45) is 0. The summed E-state index contributed by atoms with van der Waals surface area (Å²) < 4.78 is 58.7. The summed E-state index contributed by atoms with van der Waals surface area (Å²) in [5, 5.41) is 0.360. The van der Waals surface area contributed by atoms with Crippen molar-refractivity contribution in [2.45, 2.75) is 11.5 Å². The van der Waals surface area contributed by atoms with Gasteiger partial charge in [-0.2, -0.15) is 13.1 Å². The summed E-state index contributed by atoms with van der Waals surface area (Å²) in [5.41, 5.74) is 0.113. The molecule has 29 heavy (non-hydrogen) atoms. The van der Waals surface area contributed by atoms with Crippen molar-refractivity contribution in [3.05, 3.63) is 59.1 Å². The van der Waals surface area contributed by atoms with E-state index in [0.717, 1.165) is 4.31 Å². The first-order valence-electron chi connectivity index (χ1n) is 8.05. The number of Topliss-reactive ketones (excluding diaryl/α,β-unsaturated/α-hetero) is 1. The number of hydrogen-bond acceptors (Lipinski definition) is 6. The number of esters is 1. The quantitative estimate of drug-likeness (QED) is 0.433. The third-order valence-electron chi connectivity index (χ3n) is 3.64. The maximum absolute atomic E-state index is 12.4. The molecule has 156 valence electrons. The molecule has 0 saturated carbocycles. The number of ether oxygens (including phenoxy) is 2. The number of halogens is 3. The maximum Gasteiger partial charge on any atom is 0.387 e. The molecule has 0 bridgehead atoms. The Labute approximate surface area is 170 Å². The van der Waals surface area contributed by atoms with Gasteiger partial charge in [-0.3, -0.25) is 9.59 Å². The third-order valence-corrected chi connectivity index (χ3v) is 5.71. The number of carbonyl (C=O) groups excluding carboxylic acids is 2. The summed E-state index contributed by atoms with van der Waals surface area (Å²) in [5.74, 6) is -1.65. The second-order valence-corrected chi connectivity index (χ2v) is 8.18. The van der Waals surface area contributed by atoms with Crippen LogP contribution in [0.3, 0.4) is 0 Å². The fourth-order valence-corrected chi connectivity index (χ4v) is 3.39. The SMILES string of the molecule is CN(CC(=O)OCC(=O)c1ccc(OC(F)F)cc1)S(=O)(=O)c1ccc(Cl)cc1. The standard InChI is InChI=1S/C18H16ClF2NO6S/c1-22(29(25,26)15-8-4-13(19)5-9-15)10-17(24)27-11-16(23)12-2-6-14(7-3-12)28-18(20)21/h2-9,18H,10-11H2,1H3. The van der Waals surface area contributed by atoms with Crippen LogP contribution in [0.4, 0.5) is 8.78 Å². The highest BCUT2D eigenvalue weighted by atomic mass is 35.5. The van der Waals surface area contributed by atoms with E-state index in [1.807, 2.05) is 0 Å². The first-order valence-corrected chi connectivity index (χ1v) is 9.87. The molecule has 0 aliphatic rings. The Morgan fingerprint density at radius 2 is 1.66 bits per heavy atom. The number of carbonyl (C=O) groups is 2. The lowest BCUT2D eigenvalue weighted by Gasteiger charge is -2.16. The summed E-state index contributed by atoms with van der Waals surface area (Å²) in [7, 11) is -2.75. The molecule has 0 N–H and O–H groups in total. The fraction of sp³-hybridized carbons (Fsp3) is 0.222. The van der Waals surface area contributed by atoms with Crippen molar-refractivity contribution < 1.29 is 36.3 Å². The molecule has 0 atom stereocenters. The van der Waals surface area contributed by atoms with Crippen molar-refractivity contribution in [2.24, 2.45) is 0 Å². The van der Waals surface area contributed by atoms with Crippen LogP contribution in [0.15, 0.2) is 53.4 Å². The van der Waals surface area contributed by atoms with Gasteiger partial charge in [0, 0.05) is 17.6 Å². The Balaban J connectivity index is 1.90. The number of benzene rings is 2. The van der Waals surface area contributed by atoms with E-state index in [1.165, 1.54) is 55.6 Å². The van der Waals surface area contributed by atoms with Gasteiger partial charge in [0.1, 0.15) is 12.3 Å². The summed E-state index contributed by atoms with van der Waals surface area (Å²) in [4.78, 5) is 23.8. The van der Waals surface area contributed by atoms with Crippen LogP contribution in [0.1, 0.15) is 10.4 Å². The number of ketones is 1. The van der Waals surface area contributed by atoms with Crippen molar-refractivity contribution in [1.29, 1.82) is 0 Å². The van der Waals surface area contributed by atoms with Gasteiger partial charge in [0.15, 0.2) is 12.4 Å². The molecule has 2 aromatic carbocycles. The van der Waals surface area contributed by atoms with E-state index in [9.17, 15) is 26.8 Å². The Morgan fingerprint density at radius 3 is 2.21 bits per heavy atom. The molecule has 0 saturated heterocycles. The molecule has 0 unspecified atom stereocenters. The van der Waals surface area contributed by atoms with Crippen LogP contribution in [-0.4, -0.2) is 51.3 Å². The lowest BCUT2D eigenvalue weighted by atomic mass is 10.1. The van der Waals surface area contributed by atoms with Gasteiger partial charge in [-0.25, -0.2) is 8.42 Å². The van der Waals surface area contributed by atoms with Crippen LogP contribution < -0.4 is 4.74 Å². The topological polar surface area (TPSA) is 90.0 Å². The van der Waals surface area contributed by atoms with Crippen LogP contribution in [0.25, 0.3) is 0 Å². The van der Waals surface area contributed by atoms with Crippen molar-refractivity contribution in [2.75, 3.05) is 20.2 Å². The van der Waals surface area contributed by atoms with Crippen molar-refractivity contribution in [3.8, 4) is 5.75 Å². The number of likely N-dealkylation sites (N-methyl/N-ethyl adjacent to an activating group) is 1. The van der Waals surface area contributed by atoms with Gasteiger partial charge in [-0.1, -0.05) is 11.6 Å². The van der Waals surface area contributed by atoms with E-state index in [0.29, 0.717) is 5.02 Å². The molecule has 0 aliphatic heterocycles. The number of alkyl halides is 2. The fourth-order valence-electron chi connectivity index (χ4n) is 2.15. The number of rotatable bonds is 9. The maximum atomic E-state index is 12.4. The van der Waals surface area contributed by atoms with Gasteiger partial charge >= 0.3 is 12.6 Å². The Kier molecular flexibility index (Phi) is 7.66. The zero-order chi connectivity index (χ0) is 21.6. The van der Waals surface area contributed by atoms with Crippen molar-refractivity contribution in [1.82, 2.24) is 4.31 Å². The van der Waals surface area contributed by atoms with Crippen LogP contribution in [0.2, 0.25) is 5.02 Å². The minimum Gasteiger partial charge on any atom is -0.456 e. The second kappa shape index (κ2) is 9.77. The van der Waals surface area contributed by atoms with E-state index in [-0.39, 0.29) is 16.2 Å². The van der Waals surface area contributed by atoms with Gasteiger partial charge in [-0.05, 0) is 48.5 Å². The predicted octanol–water partition coefficient (Wildman–Crippen LogP) is 2.99. The second-order valence-electron chi connectivity index (χ2n) is 5.70. The monoisotopic (exact) mass is 447 g/mol. The van der Waals surface area contributed by atoms with Gasteiger partial charge in [-0.15, -0.1) is 0 Å². The minimum absolute atomic E-state index is 0.0561. The summed E-state index contributed by atoms with van der Waals surface area (Å²) in [6, 6.07) is 10.2. The van der Waals surface area contributed by atoms with E-state index in [4.69, 9.17) is 16.3 Å². The average molecular weight is 448 g/mol. The normalized spacial score (nSPS) is 11.5. The molecular formula is C18H16ClF2NO6S. The van der Waals surface area contributed by atoms with Crippen molar-refractivity contribution in [3.63, 3.8) is 0 Å². The van der Waals surface area contributed by atoms with Crippen molar-refractivity contribution >= 4 is 33.4 Å². The molecular weight excluding hydrogens is 432 g/mol. The van der Waals surface area contributed by atoms with Crippen LogP contribution in [-0.2, 0) is 19.6 Å². The van der Waals surface area contributed by atoms with Crippen LogP contribution in [0.5, 0.6) is 5.75 Å². The van der Waals surface area contributed by atoms with Gasteiger partial charge in [0.25, 0.3) is 0 Å². The van der Waals surface area contributed by atoms with E-state index in [1.54, 1.807) is 0 Å². The Hall–Kier alpha value is -2.56. The molecule has 0 aliphatic carbocycles. The smallest absolute Gasteiger partial charge is 0.387 e. The van der Waals surface area contributed by atoms with Crippen LogP contribution >= 0.6 is 11.6 Å². The Bertz CT molecular complexity index is 965. The number of nitrogens with zero attached hydrogens (tertiary/aromatic N) is 1. The number of hydrogen-bond donors (Lipinski definition) is 0. The molecule has 11 heteroatoms. The molecule has 0 amide bonds. The third kappa shape index (κ3) is 6.48. The lowest BCUT2D eigenvalue weighted by molar-refractivity contribution is -0.142. The number of sulfonamides is 1. The minimum atomic E-state index is -3.94. The highest BCUT2D eigenvalue weighted by molar-refractivity contribution is 7.89. The zero-order valence-corrected chi connectivity index (χ0v) is 16.6. The molecule has 2 aromatic rings. The molecule has 0 radical (unpaired) electrons. The van der Waals surface area contributed by atoms with E-state index >= 15 is 0 Å². The highest BCUT2D eigenvalue weighted by Gasteiger charge is 2.24. The molecule has 0 aromatic heterocycles. The molecule has 7 nitrogen and oxygen atoms in total. The Morgan fingerprint density at radius 1 is 1.07 bits per heavy atom. The van der Waals surface area contributed by atoms with Gasteiger partial charge in [0.05, 0.1) is 4.90 Å². The lowest BCUT2D eigenvalue weighted by Crippen LogP contribution is -2.33. The largest absolute Gasteiger partial charge is 0.456 e. The first-order chi connectivity index (χ1) is 13.6. The van der Waals surface area contributed by atoms with E-state index in [2.05, 4.69) is 4.74 Å².